The summed E-state index contributed by atoms with van der Waals surface area (Å²) < 4.78 is 0. The van der Waals surface area contributed by atoms with Gasteiger partial charge in [0, 0.05) is 18.3 Å². The Labute approximate surface area is 69.3 Å². The molecule has 2 aliphatic rings. The molecule has 2 rings (SSSR count). The molecule has 0 bridgehead atoms. The molecule has 2 heterocycles. The van der Waals surface area contributed by atoms with Gasteiger partial charge in [0.15, 0.2) is 0 Å². The maximum Gasteiger partial charge on any atom is 0.110 e. The van der Waals surface area contributed by atoms with E-state index in [1.165, 1.54) is 0 Å². The molecule has 0 N–H and O–H groups in total. The number of nitrogens with zero attached hydrogens (tertiary/aromatic N) is 3. The number of hydrogen-bond acceptors (Lipinski definition) is 5. The summed E-state index contributed by atoms with van der Waals surface area (Å²) in [5.41, 5.74) is 0. The maximum absolute atomic E-state index is 4.18. The molecule has 10 heavy (non-hydrogen) atoms. The van der Waals surface area contributed by atoms with E-state index in [-0.39, 0.29) is 0 Å². The van der Waals surface area contributed by atoms with Gasteiger partial charge in [-0.25, -0.2) is 0 Å². The lowest BCUT2D eigenvalue weighted by Gasteiger charge is -2.15. The lowest BCUT2D eigenvalue weighted by molar-refractivity contribution is 0.139. The highest BCUT2D eigenvalue weighted by Gasteiger charge is 2.30. The minimum Gasteiger partial charge on any atom is -0.293 e. The van der Waals surface area contributed by atoms with Gasteiger partial charge < -0.3 is 0 Å². The molecule has 2 aliphatic heterocycles. The second-order valence-corrected chi connectivity index (χ2v) is 3.99. The third kappa shape index (κ3) is 1.02. The first-order valence-electron chi connectivity index (χ1n) is 3.22. The van der Waals surface area contributed by atoms with Crippen LogP contribution in [0.25, 0.3) is 0 Å². The Balaban J connectivity index is 1.99. The molecular formula is C5H9N3S2. The lowest BCUT2D eigenvalue weighted by atomic mass is 10.4. The largest absolute Gasteiger partial charge is 0.293 e. The van der Waals surface area contributed by atoms with Crippen LogP contribution in [-0.4, -0.2) is 41.4 Å². The van der Waals surface area contributed by atoms with Crippen LogP contribution in [0.2, 0.25) is 0 Å². The van der Waals surface area contributed by atoms with Gasteiger partial charge in [-0.15, -0.1) is 11.7 Å². The topological polar surface area (TPSA) is 18.8 Å². The van der Waals surface area contributed by atoms with Gasteiger partial charge in [-0.3, -0.25) is 10.0 Å². The molecule has 0 saturated carbocycles. The van der Waals surface area contributed by atoms with Gasteiger partial charge in [0.1, 0.15) is 13.0 Å². The van der Waals surface area contributed by atoms with Gasteiger partial charge in [-0.05, 0) is 0 Å². The molecule has 56 valence electrons. The van der Waals surface area contributed by atoms with Crippen molar-refractivity contribution in [3.63, 3.8) is 0 Å². The Hall–Kier alpha value is 0.130. The van der Waals surface area contributed by atoms with Crippen molar-refractivity contribution in [2.45, 2.75) is 5.25 Å². The van der Waals surface area contributed by atoms with Crippen LogP contribution < -0.4 is 0 Å². The van der Waals surface area contributed by atoms with E-state index in [4.69, 9.17) is 0 Å². The van der Waals surface area contributed by atoms with E-state index in [2.05, 4.69) is 26.7 Å². The summed E-state index contributed by atoms with van der Waals surface area (Å²) in [6.45, 7) is 3.00. The number of aliphatic imine (C=N–C) groups is 1. The first kappa shape index (κ1) is 6.82. The minimum absolute atomic E-state index is 0.648. The Morgan fingerprint density at radius 3 is 3.20 bits per heavy atom. The van der Waals surface area contributed by atoms with Crippen LogP contribution in [0.1, 0.15) is 0 Å². The van der Waals surface area contributed by atoms with E-state index >= 15 is 0 Å². The van der Waals surface area contributed by atoms with E-state index < -0.39 is 0 Å². The SMILES string of the molecule is SSC1CN2C=NCN2C1. The van der Waals surface area contributed by atoms with Gasteiger partial charge >= 0.3 is 0 Å². The average Bonchev–Trinajstić information content (AvgIpc) is 2.42. The quantitative estimate of drug-likeness (QED) is 0.461. The molecule has 0 aromatic heterocycles. The summed E-state index contributed by atoms with van der Waals surface area (Å²) >= 11 is 4.18. The van der Waals surface area contributed by atoms with Crippen LogP contribution in [0.5, 0.6) is 0 Å². The van der Waals surface area contributed by atoms with Crippen molar-refractivity contribution in [3.05, 3.63) is 0 Å². The van der Waals surface area contributed by atoms with Crippen molar-refractivity contribution in [1.82, 2.24) is 10.0 Å². The van der Waals surface area contributed by atoms with Gasteiger partial charge in [-0.2, -0.15) is 5.01 Å². The Morgan fingerprint density at radius 1 is 1.60 bits per heavy atom. The van der Waals surface area contributed by atoms with E-state index in [1.807, 2.05) is 6.34 Å². The summed E-state index contributed by atoms with van der Waals surface area (Å²) in [5.74, 6) is 0. The highest BCUT2D eigenvalue weighted by molar-refractivity contribution is 8.68. The van der Waals surface area contributed by atoms with Crippen molar-refractivity contribution >= 4 is 28.8 Å². The third-order valence-corrected chi connectivity index (χ3v) is 3.27. The monoisotopic (exact) mass is 175 g/mol. The first-order chi connectivity index (χ1) is 4.90. The molecule has 1 atom stereocenters. The van der Waals surface area contributed by atoms with Crippen molar-refractivity contribution in [2.75, 3.05) is 19.8 Å². The Bertz CT molecular complexity index is 161. The zero-order valence-corrected chi connectivity index (χ0v) is 7.18. The molecule has 0 aromatic carbocycles. The fourth-order valence-electron chi connectivity index (χ4n) is 1.27. The van der Waals surface area contributed by atoms with Crippen LogP contribution in [0.3, 0.4) is 0 Å². The summed E-state index contributed by atoms with van der Waals surface area (Å²) in [6, 6.07) is 0. The fraction of sp³-hybridized carbons (Fsp3) is 0.800. The molecule has 0 spiro atoms. The summed E-state index contributed by atoms with van der Waals surface area (Å²) in [6.07, 6.45) is 1.91. The number of hydrazine groups is 1. The van der Waals surface area contributed by atoms with Crippen LogP contribution in [0.4, 0.5) is 0 Å². The van der Waals surface area contributed by atoms with Gasteiger partial charge in [0.25, 0.3) is 0 Å². The van der Waals surface area contributed by atoms with Crippen molar-refractivity contribution in [1.29, 1.82) is 0 Å². The molecule has 1 fully saturated rings. The summed E-state index contributed by atoms with van der Waals surface area (Å²) in [7, 11) is 1.64. The standard InChI is InChI=1S/C5H9N3S2/c9-10-5-1-7-3-6-4-8(7)2-5/h3,5,9H,1-2,4H2. The van der Waals surface area contributed by atoms with Crippen molar-refractivity contribution in [2.24, 2.45) is 4.99 Å². The normalized spacial score (nSPS) is 31.7. The molecule has 0 amide bonds. The number of thiol groups is 1. The number of rotatable bonds is 1. The van der Waals surface area contributed by atoms with Crippen LogP contribution >= 0.6 is 22.5 Å². The average molecular weight is 175 g/mol. The van der Waals surface area contributed by atoms with E-state index in [9.17, 15) is 0 Å². The number of hydrogen-bond donors (Lipinski definition) is 1. The molecule has 5 heteroatoms. The minimum atomic E-state index is 0.648. The second-order valence-electron chi connectivity index (χ2n) is 2.48. The molecular weight excluding hydrogens is 166 g/mol. The molecule has 1 unspecified atom stereocenters. The van der Waals surface area contributed by atoms with Crippen LogP contribution in [0.15, 0.2) is 4.99 Å². The van der Waals surface area contributed by atoms with Gasteiger partial charge in [0.2, 0.25) is 0 Å². The van der Waals surface area contributed by atoms with Crippen LogP contribution in [-0.2, 0) is 0 Å². The van der Waals surface area contributed by atoms with Crippen molar-refractivity contribution in [3.8, 4) is 0 Å². The Morgan fingerprint density at radius 2 is 2.50 bits per heavy atom. The fourth-order valence-corrected chi connectivity index (χ4v) is 2.13. The van der Waals surface area contributed by atoms with Crippen LogP contribution in [0, 0.1) is 0 Å². The molecule has 1 saturated heterocycles. The number of fused-ring (bicyclic) bond motifs is 1. The zero-order chi connectivity index (χ0) is 6.97. The second kappa shape index (κ2) is 2.64. The summed E-state index contributed by atoms with van der Waals surface area (Å²) in [5, 5.41) is 5.04. The highest BCUT2D eigenvalue weighted by atomic mass is 33.1. The summed E-state index contributed by atoms with van der Waals surface area (Å²) in [4.78, 5) is 4.13. The predicted molar refractivity (Wildman–Crippen MR) is 47.1 cm³/mol. The molecule has 0 aromatic rings. The van der Waals surface area contributed by atoms with Crippen molar-refractivity contribution < 1.29 is 0 Å². The first-order valence-corrected chi connectivity index (χ1v) is 5.15. The Kier molecular flexibility index (Phi) is 1.80. The van der Waals surface area contributed by atoms with Gasteiger partial charge in [-0.1, -0.05) is 10.8 Å². The van der Waals surface area contributed by atoms with Gasteiger partial charge in [0.05, 0.1) is 0 Å². The zero-order valence-electron chi connectivity index (χ0n) is 5.47. The lowest BCUT2D eigenvalue weighted by Crippen LogP contribution is -2.29. The van der Waals surface area contributed by atoms with E-state index in [0.717, 1.165) is 19.8 Å². The predicted octanol–water partition coefficient (Wildman–Crippen LogP) is 0.465. The third-order valence-electron chi connectivity index (χ3n) is 1.78. The molecule has 3 nitrogen and oxygen atoms in total. The molecule has 0 radical (unpaired) electrons. The van der Waals surface area contributed by atoms with E-state index in [0.29, 0.717) is 5.25 Å². The molecule has 0 aliphatic carbocycles. The van der Waals surface area contributed by atoms with E-state index in [1.54, 1.807) is 10.8 Å². The smallest absolute Gasteiger partial charge is 0.110 e. The maximum atomic E-state index is 4.18. The highest BCUT2D eigenvalue weighted by Crippen LogP contribution is 2.24.